The molecule has 0 saturated carbocycles. The lowest BCUT2D eigenvalue weighted by atomic mass is 10.0. The second kappa shape index (κ2) is 5.23. The van der Waals surface area contributed by atoms with E-state index < -0.39 is 0 Å². The van der Waals surface area contributed by atoms with E-state index in [2.05, 4.69) is 11.8 Å². The maximum Gasteiger partial charge on any atom is 0.150 e. The quantitative estimate of drug-likeness (QED) is 0.727. The minimum Gasteiger partial charge on any atom is -0.379 e. The summed E-state index contributed by atoms with van der Waals surface area (Å²) in [5, 5.41) is 0. The highest BCUT2D eigenvalue weighted by Gasteiger charge is 2.19. The Hall–Kier alpha value is -1.19. The first-order valence-electron chi connectivity index (χ1n) is 5.69. The van der Waals surface area contributed by atoms with Crippen molar-refractivity contribution in [2.24, 2.45) is 0 Å². The van der Waals surface area contributed by atoms with Crippen LogP contribution in [-0.2, 0) is 4.74 Å². The Bertz CT molecular complexity index is 359. The summed E-state index contributed by atoms with van der Waals surface area (Å²) in [6.45, 7) is 5.59. The summed E-state index contributed by atoms with van der Waals surface area (Å²) in [6.07, 6.45) is 0.937. The highest BCUT2D eigenvalue weighted by Crippen LogP contribution is 2.23. The molecule has 0 aliphatic carbocycles. The molecule has 0 bridgehead atoms. The average molecular weight is 219 g/mol. The van der Waals surface area contributed by atoms with Gasteiger partial charge in [-0.1, -0.05) is 24.3 Å². The zero-order chi connectivity index (χ0) is 11.4. The molecular formula is C13H17NO2. The van der Waals surface area contributed by atoms with E-state index in [1.807, 2.05) is 24.3 Å². The van der Waals surface area contributed by atoms with Gasteiger partial charge in [0.15, 0.2) is 0 Å². The van der Waals surface area contributed by atoms with E-state index in [9.17, 15) is 4.79 Å². The molecule has 1 unspecified atom stereocenters. The van der Waals surface area contributed by atoms with Crippen molar-refractivity contribution in [3.63, 3.8) is 0 Å². The Balaban J connectivity index is 2.18. The third-order valence-corrected chi connectivity index (χ3v) is 3.17. The second-order valence-corrected chi connectivity index (χ2v) is 4.07. The van der Waals surface area contributed by atoms with Crippen molar-refractivity contribution in [1.29, 1.82) is 0 Å². The van der Waals surface area contributed by atoms with Crippen molar-refractivity contribution in [3.05, 3.63) is 35.4 Å². The van der Waals surface area contributed by atoms with Crippen LogP contribution in [0.15, 0.2) is 24.3 Å². The van der Waals surface area contributed by atoms with Gasteiger partial charge in [-0.2, -0.15) is 0 Å². The van der Waals surface area contributed by atoms with Gasteiger partial charge in [0, 0.05) is 24.7 Å². The molecule has 1 atom stereocenters. The first kappa shape index (κ1) is 11.3. The van der Waals surface area contributed by atoms with Gasteiger partial charge in [0.25, 0.3) is 0 Å². The fourth-order valence-corrected chi connectivity index (χ4v) is 2.16. The largest absolute Gasteiger partial charge is 0.379 e. The normalized spacial score (nSPS) is 19.3. The predicted molar refractivity (Wildman–Crippen MR) is 62.6 cm³/mol. The summed E-state index contributed by atoms with van der Waals surface area (Å²) >= 11 is 0. The molecule has 0 N–H and O–H groups in total. The van der Waals surface area contributed by atoms with Crippen LogP contribution >= 0.6 is 0 Å². The van der Waals surface area contributed by atoms with Gasteiger partial charge in [0.1, 0.15) is 6.29 Å². The summed E-state index contributed by atoms with van der Waals surface area (Å²) < 4.78 is 5.33. The molecule has 16 heavy (non-hydrogen) atoms. The van der Waals surface area contributed by atoms with Crippen LogP contribution in [0.5, 0.6) is 0 Å². The van der Waals surface area contributed by atoms with Gasteiger partial charge >= 0.3 is 0 Å². The lowest BCUT2D eigenvalue weighted by Crippen LogP contribution is -2.38. The zero-order valence-corrected chi connectivity index (χ0v) is 9.56. The van der Waals surface area contributed by atoms with E-state index in [0.29, 0.717) is 0 Å². The number of ether oxygens (including phenoxy) is 1. The van der Waals surface area contributed by atoms with E-state index in [1.165, 1.54) is 0 Å². The number of rotatable bonds is 3. The highest BCUT2D eigenvalue weighted by atomic mass is 16.5. The topological polar surface area (TPSA) is 29.5 Å². The predicted octanol–water partition coefficient (Wildman–Crippen LogP) is 1.89. The Morgan fingerprint density at radius 1 is 1.31 bits per heavy atom. The molecule has 1 aromatic rings. The van der Waals surface area contributed by atoms with Gasteiger partial charge in [-0.05, 0) is 12.5 Å². The number of carbonyl (C=O) groups excluding carboxylic acids is 1. The van der Waals surface area contributed by atoms with E-state index >= 15 is 0 Å². The lowest BCUT2D eigenvalue weighted by molar-refractivity contribution is 0.0197. The molecule has 3 heteroatoms. The number of carbonyl (C=O) groups is 1. The summed E-state index contributed by atoms with van der Waals surface area (Å²) in [5.41, 5.74) is 1.90. The van der Waals surface area contributed by atoms with Crippen LogP contribution in [0.25, 0.3) is 0 Å². The van der Waals surface area contributed by atoms with Crippen molar-refractivity contribution >= 4 is 6.29 Å². The van der Waals surface area contributed by atoms with Gasteiger partial charge in [-0.15, -0.1) is 0 Å². The van der Waals surface area contributed by atoms with E-state index in [4.69, 9.17) is 4.74 Å². The molecule has 2 rings (SSSR count). The molecule has 1 aromatic carbocycles. The molecule has 0 radical (unpaired) electrons. The molecule has 1 heterocycles. The number of hydrogen-bond acceptors (Lipinski definition) is 3. The SMILES string of the molecule is CC(c1ccccc1C=O)N1CCOCC1. The molecule has 1 aliphatic rings. The van der Waals surface area contributed by atoms with Crippen molar-refractivity contribution in [2.45, 2.75) is 13.0 Å². The van der Waals surface area contributed by atoms with E-state index in [0.717, 1.165) is 43.7 Å². The van der Waals surface area contributed by atoms with Crippen LogP contribution in [0.4, 0.5) is 0 Å². The van der Waals surface area contributed by atoms with Gasteiger partial charge in [-0.3, -0.25) is 9.69 Å². The molecule has 1 saturated heterocycles. The summed E-state index contributed by atoms with van der Waals surface area (Å²) in [6, 6.07) is 8.08. The first-order chi connectivity index (χ1) is 7.83. The van der Waals surface area contributed by atoms with Gasteiger partial charge < -0.3 is 4.74 Å². The van der Waals surface area contributed by atoms with Crippen LogP contribution in [0.1, 0.15) is 28.9 Å². The van der Waals surface area contributed by atoms with Crippen LogP contribution in [0.3, 0.4) is 0 Å². The smallest absolute Gasteiger partial charge is 0.150 e. The zero-order valence-electron chi connectivity index (χ0n) is 9.56. The van der Waals surface area contributed by atoms with E-state index in [1.54, 1.807) is 0 Å². The summed E-state index contributed by atoms with van der Waals surface area (Å²) in [5.74, 6) is 0. The first-order valence-corrected chi connectivity index (χ1v) is 5.69. The molecule has 1 aliphatic heterocycles. The minimum atomic E-state index is 0.283. The number of nitrogens with zero attached hydrogens (tertiary/aromatic N) is 1. The lowest BCUT2D eigenvalue weighted by Gasteiger charge is -2.33. The number of aldehydes is 1. The number of hydrogen-bond donors (Lipinski definition) is 0. The molecular weight excluding hydrogens is 202 g/mol. The van der Waals surface area contributed by atoms with Crippen molar-refractivity contribution < 1.29 is 9.53 Å². The van der Waals surface area contributed by atoms with Gasteiger partial charge in [-0.25, -0.2) is 0 Å². The highest BCUT2D eigenvalue weighted by molar-refractivity contribution is 5.77. The molecule has 1 fully saturated rings. The maximum absolute atomic E-state index is 11.0. The summed E-state index contributed by atoms with van der Waals surface area (Å²) in [7, 11) is 0. The van der Waals surface area contributed by atoms with Crippen molar-refractivity contribution in [1.82, 2.24) is 4.90 Å². The monoisotopic (exact) mass is 219 g/mol. The van der Waals surface area contributed by atoms with Crippen LogP contribution in [0.2, 0.25) is 0 Å². The van der Waals surface area contributed by atoms with E-state index in [-0.39, 0.29) is 6.04 Å². The average Bonchev–Trinajstić information content (AvgIpc) is 2.39. The minimum absolute atomic E-state index is 0.283. The number of morpholine rings is 1. The Kier molecular flexibility index (Phi) is 3.70. The number of benzene rings is 1. The van der Waals surface area contributed by atoms with Crippen LogP contribution in [0, 0.1) is 0 Å². The van der Waals surface area contributed by atoms with Crippen LogP contribution in [-0.4, -0.2) is 37.5 Å². The molecule has 86 valence electrons. The molecule has 0 amide bonds. The third-order valence-electron chi connectivity index (χ3n) is 3.17. The Morgan fingerprint density at radius 3 is 2.69 bits per heavy atom. The maximum atomic E-state index is 11.0. The van der Waals surface area contributed by atoms with Gasteiger partial charge in [0.2, 0.25) is 0 Å². The molecule has 3 nitrogen and oxygen atoms in total. The summed E-state index contributed by atoms with van der Waals surface area (Å²) in [4.78, 5) is 13.3. The third kappa shape index (κ3) is 2.31. The van der Waals surface area contributed by atoms with Crippen molar-refractivity contribution in [2.75, 3.05) is 26.3 Å². The molecule has 0 aromatic heterocycles. The second-order valence-electron chi connectivity index (χ2n) is 4.07. The Morgan fingerprint density at radius 2 is 2.00 bits per heavy atom. The van der Waals surface area contributed by atoms with Gasteiger partial charge in [0.05, 0.1) is 13.2 Å². The standard InChI is InChI=1S/C13H17NO2/c1-11(14-6-8-16-9-7-14)13-5-3-2-4-12(13)10-15/h2-5,10-11H,6-9H2,1H3. The van der Waals surface area contributed by atoms with Crippen molar-refractivity contribution in [3.8, 4) is 0 Å². The molecule has 0 spiro atoms. The van der Waals surface area contributed by atoms with Crippen LogP contribution < -0.4 is 0 Å². The fraction of sp³-hybridized carbons (Fsp3) is 0.462. The Labute approximate surface area is 96.0 Å². The fourth-order valence-electron chi connectivity index (χ4n) is 2.16.